The number of aliphatic hydroxyl groups excluding tert-OH is 1. The molecule has 8 heteroatoms. The molecule has 0 atom stereocenters. The van der Waals surface area contributed by atoms with Crippen LogP contribution in [-0.4, -0.2) is 45.4 Å². The molecule has 2 aromatic carbocycles. The topological polar surface area (TPSA) is 91.2 Å². The Bertz CT molecular complexity index is 897. The average molecular weight is 406 g/mol. The number of hydrogen-bond donors (Lipinski definition) is 2. The molecule has 7 nitrogen and oxygen atoms in total. The van der Waals surface area contributed by atoms with Crippen molar-refractivity contribution >= 4 is 22.0 Å². The number of nitrogens with one attached hydrogen (secondary N) is 1. The first-order chi connectivity index (χ1) is 13.4. The molecule has 0 aliphatic rings. The summed E-state index contributed by atoms with van der Waals surface area (Å²) in [4.78, 5) is 1.44. The molecule has 0 saturated heterocycles. The Hall–Kier alpha value is -2.58. The molecule has 2 aromatic rings. The lowest BCUT2D eigenvalue weighted by atomic mass is 10.2. The molecule has 2 rings (SSSR count). The van der Waals surface area contributed by atoms with Crippen molar-refractivity contribution in [1.82, 2.24) is 4.90 Å². The van der Waals surface area contributed by atoms with Crippen LogP contribution in [0.4, 0.5) is 5.69 Å². The van der Waals surface area contributed by atoms with Crippen molar-refractivity contribution < 1.29 is 18.3 Å². The second-order valence-corrected chi connectivity index (χ2v) is 8.08. The molecule has 0 unspecified atom stereocenters. The van der Waals surface area contributed by atoms with Crippen molar-refractivity contribution in [3.8, 4) is 11.5 Å². The lowest BCUT2D eigenvalue weighted by Gasteiger charge is -2.17. The molecule has 0 spiro atoms. The number of unbranched alkanes of at least 4 members (excludes halogenated alkanes) is 1. The Balaban J connectivity index is 2.60. The van der Waals surface area contributed by atoms with Crippen LogP contribution in [0.2, 0.25) is 0 Å². The number of ether oxygens (including phenoxy) is 1. The van der Waals surface area contributed by atoms with Crippen LogP contribution in [0.5, 0.6) is 11.5 Å². The maximum Gasteiger partial charge on any atom is 0.287 e. The van der Waals surface area contributed by atoms with Crippen LogP contribution < -0.4 is 10.1 Å². The first-order valence-electron chi connectivity index (χ1n) is 9.08. The zero-order chi connectivity index (χ0) is 20.6. The van der Waals surface area contributed by atoms with Gasteiger partial charge in [-0.05, 0) is 36.2 Å². The summed E-state index contributed by atoms with van der Waals surface area (Å²) in [5.41, 5.74) is 0.959. The van der Waals surface area contributed by atoms with E-state index in [2.05, 4.69) is 16.6 Å². The van der Waals surface area contributed by atoms with Gasteiger partial charge in [-0.1, -0.05) is 31.5 Å². The van der Waals surface area contributed by atoms with E-state index in [0.717, 1.165) is 12.8 Å². The van der Waals surface area contributed by atoms with Gasteiger partial charge >= 0.3 is 0 Å². The third kappa shape index (κ3) is 5.97. The zero-order valence-corrected chi connectivity index (χ0v) is 17.2. The lowest BCUT2D eigenvalue weighted by Crippen LogP contribution is -2.12. The Morgan fingerprint density at radius 3 is 2.54 bits per heavy atom. The normalized spacial score (nSPS) is 11.6. The summed E-state index contributed by atoms with van der Waals surface area (Å²) in [5, 5.41) is 12.8. The second kappa shape index (κ2) is 10.1. The van der Waals surface area contributed by atoms with Gasteiger partial charge in [-0.3, -0.25) is 0 Å². The minimum absolute atomic E-state index is 0.0972. The predicted octanol–water partition coefficient (Wildman–Crippen LogP) is 3.46. The minimum atomic E-state index is -4.04. The first kappa shape index (κ1) is 21.7. The molecule has 28 heavy (non-hydrogen) atoms. The predicted molar refractivity (Wildman–Crippen MR) is 112 cm³/mol. The van der Waals surface area contributed by atoms with Gasteiger partial charge in [0.1, 0.15) is 17.0 Å². The Morgan fingerprint density at radius 2 is 1.93 bits per heavy atom. The molecule has 2 N–H and O–H groups in total. The Kier molecular flexibility index (Phi) is 7.83. The van der Waals surface area contributed by atoms with Crippen molar-refractivity contribution in [3.63, 3.8) is 0 Å². The summed E-state index contributed by atoms with van der Waals surface area (Å²) in [6.45, 7) is 2.42. The minimum Gasteiger partial charge on any atom is -0.454 e. The van der Waals surface area contributed by atoms with Gasteiger partial charge in [0, 0.05) is 20.6 Å². The number of hydrogen-bond acceptors (Lipinski definition) is 5. The number of benzene rings is 2. The third-order valence-electron chi connectivity index (χ3n) is 3.80. The van der Waals surface area contributed by atoms with E-state index >= 15 is 0 Å². The van der Waals surface area contributed by atoms with Gasteiger partial charge in [0.15, 0.2) is 5.75 Å². The molecule has 0 saturated carbocycles. The van der Waals surface area contributed by atoms with Gasteiger partial charge in [-0.2, -0.15) is 8.42 Å². The third-order valence-corrected chi connectivity index (χ3v) is 5.03. The van der Waals surface area contributed by atoms with E-state index in [4.69, 9.17) is 4.74 Å². The van der Waals surface area contributed by atoms with Crippen molar-refractivity contribution in [1.29, 1.82) is 0 Å². The van der Waals surface area contributed by atoms with E-state index in [1.807, 2.05) is 6.07 Å². The fraction of sp³-hybridized carbons (Fsp3) is 0.350. The molecule has 0 aromatic heterocycles. The van der Waals surface area contributed by atoms with E-state index in [9.17, 15) is 13.5 Å². The van der Waals surface area contributed by atoms with Crippen LogP contribution in [0, 0.1) is 0 Å². The van der Waals surface area contributed by atoms with Crippen LogP contribution in [0.3, 0.4) is 0 Å². The van der Waals surface area contributed by atoms with Crippen LogP contribution in [0.25, 0.3) is 0 Å². The quantitative estimate of drug-likeness (QED) is 0.357. The van der Waals surface area contributed by atoms with E-state index in [1.54, 1.807) is 44.4 Å². The highest BCUT2D eigenvalue weighted by Crippen LogP contribution is 2.38. The summed E-state index contributed by atoms with van der Waals surface area (Å²) >= 11 is 0. The largest absolute Gasteiger partial charge is 0.454 e. The smallest absolute Gasteiger partial charge is 0.287 e. The fourth-order valence-electron chi connectivity index (χ4n) is 2.40. The number of aliphatic hydroxyl groups is 1. The van der Waals surface area contributed by atoms with Gasteiger partial charge in [-0.15, -0.1) is 4.40 Å². The molecular weight excluding hydrogens is 378 g/mol. The van der Waals surface area contributed by atoms with E-state index in [0.29, 0.717) is 23.5 Å². The lowest BCUT2D eigenvalue weighted by molar-refractivity contribution is 0.281. The van der Waals surface area contributed by atoms with Gasteiger partial charge < -0.3 is 20.1 Å². The fourth-order valence-corrected chi connectivity index (χ4v) is 3.51. The summed E-state index contributed by atoms with van der Waals surface area (Å²) in [6, 6.07) is 12.0. The number of rotatable bonds is 10. The highest BCUT2D eigenvalue weighted by Gasteiger charge is 2.24. The van der Waals surface area contributed by atoms with Crippen LogP contribution in [0.15, 0.2) is 51.8 Å². The maximum absolute atomic E-state index is 12.9. The van der Waals surface area contributed by atoms with Gasteiger partial charge in [0.2, 0.25) is 0 Å². The van der Waals surface area contributed by atoms with Crippen molar-refractivity contribution in [2.75, 3.05) is 26.0 Å². The number of nitrogens with zero attached hydrogens (tertiary/aromatic N) is 2. The molecule has 0 fully saturated rings. The summed E-state index contributed by atoms with van der Waals surface area (Å²) in [6.07, 6.45) is 3.12. The van der Waals surface area contributed by atoms with Crippen LogP contribution in [-0.2, 0) is 16.6 Å². The molecule has 0 radical (unpaired) electrons. The zero-order valence-electron chi connectivity index (χ0n) is 16.4. The van der Waals surface area contributed by atoms with Crippen LogP contribution >= 0.6 is 0 Å². The number of para-hydroxylation sites is 1. The molecule has 0 amide bonds. The Morgan fingerprint density at radius 1 is 1.21 bits per heavy atom. The molecule has 0 bridgehead atoms. The summed E-state index contributed by atoms with van der Waals surface area (Å²) in [5.74, 6) is 0.668. The summed E-state index contributed by atoms with van der Waals surface area (Å²) < 4.78 is 35.4. The number of anilines is 1. The second-order valence-electron chi connectivity index (χ2n) is 6.48. The molecular formula is C20H27N3O4S. The monoisotopic (exact) mass is 405 g/mol. The SMILES string of the molecule is CCCCNc1cc(CO)cc(S(=O)(=O)/N=C\N(C)C)c1Oc1ccccc1. The van der Waals surface area contributed by atoms with E-state index in [1.165, 1.54) is 17.3 Å². The van der Waals surface area contributed by atoms with Crippen molar-refractivity contribution in [3.05, 3.63) is 48.0 Å². The molecule has 0 aliphatic carbocycles. The average Bonchev–Trinajstić information content (AvgIpc) is 2.68. The van der Waals surface area contributed by atoms with Crippen molar-refractivity contribution in [2.24, 2.45) is 4.40 Å². The van der Waals surface area contributed by atoms with Gasteiger partial charge in [0.05, 0.1) is 12.3 Å². The maximum atomic E-state index is 12.9. The van der Waals surface area contributed by atoms with Gasteiger partial charge in [-0.25, -0.2) is 0 Å². The molecule has 0 heterocycles. The highest BCUT2D eigenvalue weighted by atomic mass is 32.2. The molecule has 0 aliphatic heterocycles. The highest BCUT2D eigenvalue weighted by molar-refractivity contribution is 7.90. The Labute approximate surface area is 166 Å². The van der Waals surface area contributed by atoms with E-state index < -0.39 is 10.0 Å². The molecule has 152 valence electrons. The van der Waals surface area contributed by atoms with E-state index in [-0.39, 0.29) is 17.3 Å². The number of sulfonamides is 1. The standard InChI is InChI=1S/C20H27N3O4S/c1-4-5-11-21-18-12-16(14-24)13-19(28(25,26)22-15-23(2)3)20(18)27-17-9-7-6-8-10-17/h6-10,12-13,15,21,24H,4-5,11,14H2,1-3H3/b22-15-. The summed E-state index contributed by atoms with van der Waals surface area (Å²) in [7, 11) is -0.674. The van der Waals surface area contributed by atoms with Crippen molar-refractivity contribution in [2.45, 2.75) is 31.3 Å². The van der Waals surface area contributed by atoms with Gasteiger partial charge in [0.25, 0.3) is 10.0 Å². The first-order valence-corrected chi connectivity index (χ1v) is 10.5. The van der Waals surface area contributed by atoms with Crippen LogP contribution in [0.1, 0.15) is 25.3 Å².